The third kappa shape index (κ3) is 4.31. The molecule has 0 spiro atoms. The zero-order valence-corrected chi connectivity index (χ0v) is 13.0. The van der Waals surface area contributed by atoms with Gasteiger partial charge in [-0.2, -0.15) is 0 Å². The molecule has 3 nitrogen and oxygen atoms in total. The highest BCUT2D eigenvalue weighted by Gasteiger charge is 2.24. The molecule has 1 aromatic rings. The topological polar surface area (TPSA) is 35.5 Å². The van der Waals surface area contributed by atoms with E-state index in [0.29, 0.717) is 6.42 Å². The van der Waals surface area contributed by atoms with Gasteiger partial charge in [-0.15, -0.1) is 12.4 Å². The second-order valence-electron chi connectivity index (χ2n) is 4.48. The Bertz CT molecular complexity index is 402. The molecule has 1 aromatic carbocycles. The molecule has 1 fully saturated rings. The lowest BCUT2D eigenvalue weighted by Crippen LogP contribution is -2.45. The first-order valence-electron chi connectivity index (χ1n) is 6.21. The van der Waals surface area contributed by atoms with Crippen LogP contribution in [0, 0.1) is 0 Å². The van der Waals surface area contributed by atoms with E-state index in [2.05, 4.69) is 26.1 Å². The Morgan fingerprint density at radius 3 is 2.63 bits per heavy atom. The van der Waals surface area contributed by atoms with Gasteiger partial charge in [-0.3, -0.25) is 9.29 Å². The van der Waals surface area contributed by atoms with Gasteiger partial charge in [0.15, 0.2) is 0 Å². The Morgan fingerprint density at radius 2 is 2.05 bits per heavy atom. The van der Waals surface area contributed by atoms with Crippen molar-refractivity contribution in [3.05, 3.63) is 28.2 Å². The Morgan fingerprint density at radius 1 is 1.37 bits per heavy atom. The van der Waals surface area contributed by atoms with E-state index in [1.807, 2.05) is 12.1 Å². The Kier molecular flexibility index (Phi) is 7.07. The normalized spacial score (nSPS) is 17.8. The third-order valence-corrected chi connectivity index (χ3v) is 3.82. The minimum Gasteiger partial charge on any atom is -0.508 e. The summed E-state index contributed by atoms with van der Waals surface area (Å²) in [4.78, 5) is 2.24. The van der Waals surface area contributed by atoms with Crippen molar-refractivity contribution in [2.75, 3.05) is 32.9 Å². The number of piperazine rings is 1. The van der Waals surface area contributed by atoms with E-state index < -0.39 is 0 Å². The number of phenolic OH excluding ortho intramolecular Hbond substituents is 1. The predicted molar refractivity (Wildman–Crippen MR) is 80.8 cm³/mol. The van der Waals surface area contributed by atoms with Gasteiger partial charge < -0.3 is 10.4 Å². The molecule has 108 valence electrons. The minimum atomic E-state index is -0.371. The first-order valence-corrected chi connectivity index (χ1v) is 7.01. The van der Waals surface area contributed by atoms with Gasteiger partial charge >= 0.3 is 0 Å². The number of nitrogens with one attached hydrogen (secondary N) is 1. The molecule has 19 heavy (non-hydrogen) atoms. The lowest BCUT2D eigenvalue weighted by atomic mass is 10.0. The fourth-order valence-electron chi connectivity index (χ4n) is 2.43. The second kappa shape index (κ2) is 8.04. The van der Waals surface area contributed by atoms with Crippen LogP contribution in [0.15, 0.2) is 22.7 Å². The maximum absolute atomic E-state index is 12.8. The van der Waals surface area contributed by atoms with E-state index in [0.717, 1.165) is 36.2 Å². The molecule has 0 amide bonds. The van der Waals surface area contributed by atoms with Gasteiger partial charge in [-0.25, -0.2) is 0 Å². The van der Waals surface area contributed by atoms with Gasteiger partial charge in [-0.05, 0) is 18.6 Å². The lowest BCUT2D eigenvalue weighted by Gasteiger charge is -2.35. The summed E-state index contributed by atoms with van der Waals surface area (Å²) < 4.78 is 13.6. The number of halogens is 3. The molecule has 6 heteroatoms. The average Bonchev–Trinajstić information content (AvgIpc) is 2.38. The highest BCUT2D eigenvalue weighted by molar-refractivity contribution is 9.10. The van der Waals surface area contributed by atoms with Crippen LogP contribution in [0.4, 0.5) is 4.39 Å². The van der Waals surface area contributed by atoms with Crippen molar-refractivity contribution in [1.29, 1.82) is 0 Å². The van der Waals surface area contributed by atoms with Gasteiger partial charge in [0.2, 0.25) is 0 Å². The number of phenols is 1. The van der Waals surface area contributed by atoms with Crippen LogP contribution in [0.2, 0.25) is 0 Å². The molecular formula is C13H19BrClFN2O. The molecule has 0 radical (unpaired) electrons. The van der Waals surface area contributed by atoms with Crippen LogP contribution < -0.4 is 5.32 Å². The second-order valence-corrected chi connectivity index (χ2v) is 5.40. The molecule has 0 saturated carbocycles. The molecule has 0 bridgehead atoms. The van der Waals surface area contributed by atoms with Gasteiger partial charge in [0, 0.05) is 42.3 Å². The Balaban J connectivity index is 0.00000180. The zero-order chi connectivity index (χ0) is 13.0. The number of aromatic hydroxyl groups is 1. The highest BCUT2D eigenvalue weighted by atomic mass is 79.9. The molecule has 0 aliphatic carbocycles. The number of alkyl halides is 1. The van der Waals surface area contributed by atoms with Crippen LogP contribution in [0.3, 0.4) is 0 Å². The monoisotopic (exact) mass is 352 g/mol. The smallest absolute Gasteiger partial charge is 0.121 e. The summed E-state index contributed by atoms with van der Waals surface area (Å²) in [5.74, 6) is 0.237. The number of rotatable bonds is 4. The number of hydrogen-bond acceptors (Lipinski definition) is 3. The van der Waals surface area contributed by atoms with Crippen molar-refractivity contribution in [2.24, 2.45) is 0 Å². The molecule has 0 aromatic heterocycles. The summed E-state index contributed by atoms with van der Waals surface area (Å²) in [6.45, 7) is 3.24. The number of nitrogens with zero attached hydrogens (tertiary/aromatic N) is 1. The van der Waals surface area contributed by atoms with Crippen molar-refractivity contribution < 1.29 is 9.50 Å². The molecule has 1 aliphatic rings. The van der Waals surface area contributed by atoms with Crippen LogP contribution in [-0.2, 0) is 0 Å². The van der Waals surface area contributed by atoms with E-state index in [1.165, 1.54) is 0 Å². The highest BCUT2D eigenvalue weighted by Crippen LogP contribution is 2.33. The van der Waals surface area contributed by atoms with E-state index in [1.54, 1.807) is 6.07 Å². The van der Waals surface area contributed by atoms with E-state index in [-0.39, 0.29) is 30.9 Å². The summed E-state index contributed by atoms with van der Waals surface area (Å²) in [5.41, 5.74) is 0.817. The molecule has 1 aliphatic heterocycles. The minimum absolute atomic E-state index is 0. The molecule has 2 N–H and O–H groups in total. The maximum Gasteiger partial charge on any atom is 0.121 e. The van der Waals surface area contributed by atoms with Gasteiger partial charge in [0.05, 0.1) is 6.67 Å². The number of benzene rings is 1. The molecule has 1 atom stereocenters. The first kappa shape index (κ1) is 16.7. The predicted octanol–water partition coefficient (Wildman–Crippen LogP) is 2.88. The van der Waals surface area contributed by atoms with Gasteiger partial charge in [0.1, 0.15) is 5.75 Å². The van der Waals surface area contributed by atoms with Crippen LogP contribution >= 0.6 is 28.3 Å². The quantitative estimate of drug-likeness (QED) is 0.874. The molecule has 0 unspecified atom stereocenters. The van der Waals surface area contributed by atoms with Gasteiger partial charge in [0.25, 0.3) is 0 Å². The molecule has 1 saturated heterocycles. The number of hydrogen-bond donors (Lipinski definition) is 2. The summed E-state index contributed by atoms with van der Waals surface area (Å²) in [6, 6.07) is 5.40. The van der Waals surface area contributed by atoms with Gasteiger partial charge in [-0.1, -0.05) is 22.0 Å². The summed E-state index contributed by atoms with van der Waals surface area (Å²) in [5, 5.41) is 13.3. The molecule has 2 rings (SSSR count). The Hall–Kier alpha value is -0.360. The van der Waals surface area contributed by atoms with Crippen molar-refractivity contribution in [2.45, 2.75) is 12.5 Å². The fourth-order valence-corrected chi connectivity index (χ4v) is 2.78. The average molecular weight is 354 g/mol. The van der Waals surface area contributed by atoms with Crippen molar-refractivity contribution >= 4 is 28.3 Å². The summed E-state index contributed by atoms with van der Waals surface area (Å²) >= 11 is 3.32. The van der Waals surface area contributed by atoms with E-state index in [9.17, 15) is 9.50 Å². The van der Waals surface area contributed by atoms with Crippen molar-refractivity contribution in [3.8, 4) is 5.75 Å². The largest absolute Gasteiger partial charge is 0.508 e. The van der Waals surface area contributed by atoms with Crippen molar-refractivity contribution in [1.82, 2.24) is 10.2 Å². The first-order chi connectivity index (χ1) is 8.72. The third-order valence-electron chi connectivity index (χ3n) is 3.33. The van der Waals surface area contributed by atoms with Crippen LogP contribution in [-0.4, -0.2) is 42.9 Å². The summed E-state index contributed by atoms with van der Waals surface area (Å²) in [7, 11) is 0. The Labute approximate surface area is 127 Å². The standard InChI is InChI=1S/C13H18BrFN2O.ClH/c14-10-1-2-11(13(18)9-10)12(3-4-15)17-7-5-16-6-8-17;/h1-2,9,12,16,18H,3-8H2;1H/t12-;/m0./s1. The van der Waals surface area contributed by atoms with E-state index in [4.69, 9.17) is 0 Å². The van der Waals surface area contributed by atoms with Crippen LogP contribution in [0.5, 0.6) is 5.75 Å². The molecule has 1 heterocycles. The lowest BCUT2D eigenvalue weighted by molar-refractivity contribution is 0.155. The SMILES string of the molecule is Cl.Oc1cc(Br)ccc1[C@H](CCF)N1CCNCC1. The maximum atomic E-state index is 12.8. The molecular weight excluding hydrogens is 335 g/mol. The fraction of sp³-hybridized carbons (Fsp3) is 0.538. The van der Waals surface area contributed by atoms with Crippen LogP contribution in [0.25, 0.3) is 0 Å². The van der Waals surface area contributed by atoms with Crippen LogP contribution in [0.1, 0.15) is 18.0 Å². The zero-order valence-electron chi connectivity index (χ0n) is 10.6. The van der Waals surface area contributed by atoms with E-state index >= 15 is 0 Å². The summed E-state index contributed by atoms with van der Waals surface area (Å²) in [6.07, 6.45) is 0.426. The van der Waals surface area contributed by atoms with Crippen molar-refractivity contribution in [3.63, 3.8) is 0 Å².